The Kier molecular flexibility index (Phi) is 5.73. The SMILES string of the molecule is Cc1cn(CC(O)CO)c(C(=O)O)c(OCc2ccccc2)c1=O. The first-order valence-electron chi connectivity index (χ1n) is 7.37. The van der Waals surface area contributed by atoms with E-state index in [4.69, 9.17) is 9.84 Å². The van der Waals surface area contributed by atoms with Crippen LogP contribution in [0.2, 0.25) is 0 Å². The molecule has 1 heterocycles. The summed E-state index contributed by atoms with van der Waals surface area (Å²) in [5.41, 5.74) is 0.206. The van der Waals surface area contributed by atoms with E-state index in [2.05, 4.69) is 0 Å². The van der Waals surface area contributed by atoms with E-state index in [9.17, 15) is 19.8 Å². The largest absolute Gasteiger partial charge is 0.482 e. The summed E-state index contributed by atoms with van der Waals surface area (Å²) >= 11 is 0. The number of aromatic nitrogens is 1. The third kappa shape index (κ3) is 4.01. The maximum absolute atomic E-state index is 12.3. The molecule has 1 aromatic heterocycles. The number of benzene rings is 1. The third-order valence-corrected chi connectivity index (χ3v) is 3.46. The van der Waals surface area contributed by atoms with Gasteiger partial charge in [0.15, 0.2) is 11.4 Å². The van der Waals surface area contributed by atoms with Gasteiger partial charge in [0, 0.05) is 11.8 Å². The van der Waals surface area contributed by atoms with E-state index in [-0.39, 0.29) is 30.2 Å². The molecule has 1 aromatic carbocycles. The van der Waals surface area contributed by atoms with Gasteiger partial charge in [0.1, 0.15) is 6.61 Å². The molecule has 7 nitrogen and oxygen atoms in total. The lowest BCUT2D eigenvalue weighted by atomic mass is 10.2. The first-order valence-corrected chi connectivity index (χ1v) is 7.37. The molecule has 1 unspecified atom stereocenters. The monoisotopic (exact) mass is 333 g/mol. The Morgan fingerprint density at radius 1 is 1.29 bits per heavy atom. The van der Waals surface area contributed by atoms with Crippen LogP contribution in [0, 0.1) is 6.92 Å². The molecule has 7 heteroatoms. The summed E-state index contributed by atoms with van der Waals surface area (Å²) in [5.74, 6) is -1.63. The molecule has 2 rings (SSSR count). The number of carbonyl (C=O) groups is 1. The van der Waals surface area contributed by atoms with Crippen molar-refractivity contribution in [1.82, 2.24) is 4.57 Å². The van der Waals surface area contributed by atoms with Gasteiger partial charge in [0.25, 0.3) is 0 Å². The molecule has 0 radical (unpaired) electrons. The lowest BCUT2D eigenvalue weighted by molar-refractivity contribution is 0.0643. The maximum Gasteiger partial charge on any atom is 0.356 e. The van der Waals surface area contributed by atoms with Crippen LogP contribution in [-0.2, 0) is 13.2 Å². The van der Waals surface area contributed by atoms with E-state index in [0.29, 0.717) is 0 Å². The molecule has 0 bridgehead atoms. The molecule has 0 saturated heterocycles. The Hall–Kier alpha value is -2.64. The highest BCUT2D eigenvalue weighted by molar-refractivity contribution is 5.89. The summed E-state index contributed by atoms with van der Waals surface area (Å²) in [5, 5.41) is 28.0. The number of aryl methyl sites for hydroxylation is 1. The lowest BCUT2D eigenvalue weighted by Gasteiger charge is -2.18. The molecule has 0 saturated carbocycles. The number of pyridine rings is 1. The molecule has 1 atom stereocenters. The van der Waals surface area contributed by atoms with E-state index in [1.54, 1.807) is 12.1 Å². The van der Waals surface area contributed by atoms with Crippen LogP contribution in [0.1, 0.15) is 21.6 Å². The predicted molar refractivity (Wildman–Crippen MR) is 86.3 cm³/mol. The van der Waals surface area contributed by atoms with Gasteiger partial charge in [-0.15, -0.1) is 0 Å². The van der Waals surface area contributed by atoms with Crippen LogP contribution in [0.25, 0.3) is 0 Å². The Labute approximate surface area is 138 Å². The number of nitrogens with zero attached hydrogens (tertiary/aromatic N) is 1. The molecule has 0 aliphatic heterocycles. The van der Waals surface area contributed by atoms with Gasteiger partial charge in [0.05, 0.1) is 19.3 Å². The number of aliphatic hydroxyl groups excluding tert-OH is 2. The fraction of sp³-hybridized carbons (Fsp3) is 0.294. The van der Waals surface area contributed by atoms with Crippen molar-refractivity contribution < 1.29 is 24.9 Å². The average molecular weight is 333 g/mol. The molecule has 0 amide bonds. The van der Waals surface area contributed by atoms with Gasteiger partial charge >= 0.3 is 5.97 Å². The van der Waals surface area contributed by atoms with Crippen LogP contribution in [-0.4, -0.2) is 38.6 Å². The molecular weight excluding hydrogens is 314 g/mol. The predicted octanol–water partition coefficient (Wildman–Crippen LogP) is 0.787. The molecule has 24 heavy (non-hydrogen) atoms. The zero-order valence-electron chi connectivity index (χ0n) is 13.2. The lowest BCUT2D eigenvalue weighted by Crippen LogP contribution is -2.27. The standard InChI is InChI=1S/C17H19NO6/c1-11-7-18(8-13(20)9-19)14(17(22)23)16(15(11)21)24-10-12-5-3-2-4-6-12/h2-7,13,19-20H,8-10H2,1H3,(H,22,23). The number of aliphatic hydroxyl groups is 2. The number of hydrogen-bond acceptors (Lipinski definition) is 5. The van der Waals surface area contributed by atoms with E-state index in [1.807, 2.05) is 18.2 Å². The van der Waals surface area contributed by atoms with Crippen molar-refractivity contribution in [2.75, 3.05) is 6.61 Å². The minimum atomic E-state index is -1.35. The number of rotatable bonds is 7. The second-order valence-electron chi connectivity index (χ2n) is 5.39. The van der Waals surface area contributed by atoms with E-state index < -0.39 is 24.1 Å². The van der Waals surface area contributed by atoms with Crippen molar-refractivity contribution >= 4 is 5.97 Å². The molecule has 128 valence electrons. The average Bonchev–Trinajstić information content (AvgIpc) is 2.56. The van der Waals surface area contributed by atoms with Gasteiger partial charge in [0.2, 0.25) is 5.43 Å². The Bertz CT molecular complexity index is 769. The summed E-state index contributed by atoms with van der Waals surface area (Å²) in [7, 11) is 0. The normalized spacial score (nSPS) is 12.0. The first-order chi connectivity index (χ1) is 11.4. The minimum Gasteiger partial charge on any atom is -0.482 e. The highest BCUT2D eigenvalue weighted by Gasteiger charge is 2.22. The number of ether oxygens (including phenoxy) is 1. The highest BCUT2D eigenvalue weighted by atomic mass is 16.5. The molecule has 2 aromatic rings. The van der Waals surface area contributed by atoms with Crippen LogP contribution in [0.15, 0.2) is 41.3 Å². The van der Waals surface area contributed by atoms with E-state index >= 15 is 0 Å². The maximum atomic E-state index is 12.3. The summed E-state index contributed by atoms with van der Waals surface area (Å²) in [6.45, 7) is 0.888. The van der Waals surface area contributed by atoms with Crippen molar-refractivity contribution in [2.45, 2.75) is 26.2 Å². The number of aromatic carboxylic acids is 1. The second kappa shape index (κ2) is 7.76. The van der Waals surface area contributed by atoms with Gasteiger partial charge in [-0.25, -0.2) is 4.79 Å². The van der Waals surface area contributed by atoms with Gasteiger partial charge in [-0.1, -0.05) is 30.3 Å². The van der Waals surface area contributed by atoms with Crippen LogP contribution >= 0.6 is 0 Å². The summed E-state index contributed by atoms with van der Waals surface area (Å²) in [6, 6.07) is 9.04. The smallest absolute Gasteiger partial charge is 0.356 e. The first kappa shape index (κ1) is 17.7. The van der Waals surface area contributed by atoms with Gasteiger partial charge in [-0.3, -0.25) is 4.79 Å². The summed E-state index contributed by atoms with van der Waals surface area (Å²) in [6.07, 6.45) is 0.187. The Morgan fingerprint density at radius 2 is 1.96 bits per heavy atom. The fourth-order valence-electron chi connectivity index (χ4n) is 2.29. The zero-order valence-corrected chi connectivity index (χ0v) is 13.2. The number of hydrogen-bond donors (Lipinski definition) is 3. The topological polar surface area (TPSA) is 109 Å². The molecule has 0 spiro atoms. The van der Waals surface area contributed by atoms with Crippen molar-refractivity contribution in [3.63, 3.8) is 0 Å². The van der Waals surface area contributed by atoms with Crippen LogP contribution in [0.4, 0.5) is 0 Å². The van der Waals surface area contributed by atoms with Gasteiger partial charge < -0.3 is 24.6 Å². The van der Waals surface area contributed by atoms with Crippen LogP contribution < -0.4 is 10.2 Å². The molecule has 3 N–H and O–H groups in total. The Morgan fingerprint density at radius 3 is 2.54 bits per heavy atom. The summed E-state index contributed by atoms with van der Waals surface area (Å²) in [4.78, 5) is 23.9. The van der Waals surface area contributed by atoms with Crippen molar-refractivity contribution in [3.8, 4) is 5.75 Å². The van der Waals surface area contributed by atoms with Crippen molar-refractivity contribution in [1.29, 1.82) is 0 Å². The van der Waals surface area contributed by atoms with Crippen LogP contribution in [0.3, 0.4) is 0 Å². The third-order valence-electron chi connectivity index (χ3n) is 3.46. The van der Waals surface area contributed by atoms with Crippen LogP contribution in [0.5, 0.6) is 5.75 Å². The fourth-order valence-corrected chi connectivity index (χ4v) is 2.29. The molecule has 0 aliphatic carbocycles. The Balaban J connectivity index is 2.44. The zero-order chi connectivity index (χ0) is 17.7. The van der Waals surface area contributed by atoms with Crippen molar-refractivity contribution in [2.24, 2.45) is 0 Å². The minimum absolute atomic E-state index is 0.0440. The van der Waals surface area contributed by atoms with Crippen molar-refractivity contribution in [3.05, 3.63) is 63.6 Å². The molecular formula is C17H19NO6. The summed E-state index contributed by atoms with van der Waals surface area (Å²) < 4.78 is 6.70. The van der Waals surface area contributed by atoms with E-state index in [0.717, 1.165) is 5.56 Å². The van der Waals surface area contributed by atoms with Gasteiger partial charge in [-0.05, 0) is 12.5 Å². The molecule has 0 fully saturated rings. The highest BCUT2D eigenvalue weighted by Crippen LogP contribution is 2.17. The quantitative estimate of drug-likeness (QED) is 0.691. The van der Waals surface area contributed by atoms with Gasteiger partial charge in [-0.2, -0.15) is 0 Å². The molecule has 0 aliphatic rings. The second-order valence-corrected chi connectivity index (χ2v) is 5.39. The number of carboxylic acid groups (broad SMARTS) is 1. The van der Waals surface area contributed by atoms with E-state index in [1.165, 1.54) is 17.7 Å². The number of carboxylic acids is 1.